The van der Waals surface area contributed by atoms with E-state index in [1.807, 2.05) is 0 Å². The average Bonchev–Trinajstić information content (AvgIpc) is 3.18. The molecule has 1 heterocycles. The Hall–Kier alpha value is -1.76. The first kappa shape index (κ1) is 15.1. The predicted octanol–water partition coefficient (Wildman–Crippen LogP) is 3.58. The third-order valence-electron chi connectivity index (χ3n) is 4.16. The Kier molecular flexibility index (Phi) is 4.52. The van der Waals surface area contributed by atoms with Crippen LogP contribution in [0.25, 0.3) is 0 Å². The highest BCUT2D eigenvalue weighted by Crippen LogP contribution is 2.35. The fraction of sp³-hybridized carbons (Fsp3) is 0.533. The third kappa shape index (κ3) is 3.04. The van der Waals surface area contributed by atoms with Crippen LogP contribution in [-0.4, -0.2) is 40.4 Å². The quantitative estimate of drug-likeness (QED) is 0.626. The largest absolute Gasteiger partial charge is 0.494 e. The Bertz CT molecular complexity index is 600. The fourth-order valence-corrected chi connectivity index (χ4v) is 4.08. The van der Waals surface area contributed by atoms with Crippen molar-refractivity contribution in [1.82, 2.24) is 4.90 Å². The number of amidine groups is 1. The molecule has 1 aromatic rings. The predicted molar refractivity (Wildman–Crippen MR) is 88.2 cm³/mol. The molecule has 0 unspecified atom stereocenters. The standard InChI is InChI=1S/C15H19N3O3S/c1-21-14-10-12(18(19)20)6-7-13(14)16-15-17(8-9-22-15)11-4-2-3-5-11/h6-7,10-11H,2-5,8-9H2,1H3. The van der Waals surface area contributed by atoms with Gasteiger partial charge in [-0.1, -0.05) is 24.6 Å². The minimum absolute atomic E-state index is 0.0209. The van der Waals surface area contributed by atoms with Crippen molar-refractivity contribution >= 4 is 28.3 Å². The summed E-state index contributed by atoms with van der Waals surface area (Å²) in [4.78, 5) is 17.5. The summed E-state index contributed by atoms with van der Waals surface area (Å²) in [6.07, 6.45) is 5.05. The summed E-state index contributed by atoms with van der Waals surface area (Å²) >= 11 is 1.75. The van der Waals surface area contributed by atoms with Crippen molar-refractivity contribution in [2.24, 2.45) is 4.99 Å². The van der Waals surface area contributed by atoms with Crippen LogP contribution in [0.2, 0.25) is 0 Å². The minimum Gasteiger partial charge on any atom is -0.494 e. The van der Waals surface area contributed by atoms with Gasteiger partial charge < -0.3 is 9.64 Å². The molecule has 3 rings (SSSR count). The van der Waals surface area contributed by atoms with Crippen LogP contribution in [0, 0.1) is 10.1 Å². The first-order valence-corrected chi connectivity index (χ1v) is 8.48. The van der Waals surface area contributed by atoms with Crippen molar-refractivity contribution in [3.05, 3.63) is 28.3 Å². The minimum atomic E-state index is -0.422. The van der Waals surface area contributed by atoms with E-state index in [0.29, 0.717) is 17.5 Å². The molecule has 1 saturated carbocycles. The van der Waals surface area contributed by atoms with E-state index in [4.69, 9.17) is 9.73 Å². The molecule has 22 heavy (non-hydrogen) atoms. The monoisotopic (exact) mass is 321 g/mol. The second-order valence-electron chi connectivity index (χ2n) is 5.49. The lowest BCUT2D eigenvalue weighted by atomic mass is 10.2. The summed E-state index contributed by atoms with van der Waals surface area (Å²) in [6.45, 7) is 1.03. The maximum absolute atomic E-state index is 10.9. The molecule has 1 aliphatic carbocycles. The molecule has 0 amide bonds. The number of nitrogens with zero attached hydrogens (tertiary/aromatic N) is 3. The van der Waals surface area contributed by atoms with E-state index in [9.17, 15) is 10.1 Å². The zero-order valence-electron chi connectivity index (χ0n) is 12.5. The smallest absolute Gasteiger partial charge is 0.273 e. The first-order valence-electron chi connectivity index (χ1n) is 7.49. The number of nitro groups is 1. The second kappa shape index (κ2) is 6.56. The number of aliphatic imine (C=N–C) groups is 1. The lowest BCUT2D eigenvalue weighted by molar-refractivity contribution is -0.384. The molecule has 118 valence electrons. The number of benzene rings is 1. The number of methoxy groups -OCH3 is 1. The van der Waals surface area contributed by atoms with Crippen LogP contribution >= 0.6 is 11.8 Å². The van der Waals surface area contributed by atoms with Crippen molar-refractivity contribution < 1.29 is 9.66 Å². The molecule has 0 bridgehead atoms. The zero-order chi connectivity index (χ0) is 15.5. The van der Waals surface area contributed by atoms with E-state index in [1.54, 1.807) is 17.8 Å². The lowest BCUT2D eigenvalue weighted by Crippen LogP contribution is -2.33. The van der Waals surface area contributed by atoms with Crippen LogP contribution in [0.15, 0.2) is 23.2 Å². The van der Waals surface area contributed by atoms with Crippen LogP contribution in [0.1, 0.15) is 25.7 Å². The molecule has 0 radical (unpaired) electrons. The van der Waals surface area contributed by atoms with Crippen LogP contribution in [0.4, 0.5) is 11.4 Å². The molecule has 0 N–H and O–H groups in total. The molecule has 0 aromatic heterocycles. The van der Waals surface area contributed by atoms with E-state index >= 15 is 0 Å². The molecule has 6 nitrogen and oxygen atoms in total. The Balaban J connectivity index is 1.88. The SMILES string of the molecule is COc1cc([N+](=O)[O-])ccc1N=C1SCCN1C1CCCC1. The number of hydrogen-bond acceptors (Lipinski definition) is 5. The highest BCUT2D eigenvalue weighted by atomic mass is 32.2. The van der Waals surface area contributed by atoms with Gasteiger partial charge in [-0.2, -0.15) is 0 Å². The molecular formula is C15H19N3O3S. The Morgan fingerprint density at radius 3 is 2.86 bits per heavy atom. The molecule has 1 aromatic carbocycles. The highest BCUT2D eigenvalue weighted by molar-refractivity contribution is 8.14. The summed E-state index contributed by atoms with van der Waals surface area (Å²) in [6, 6.07) is 5.16. The van der Waals surface area contributed by atoms with Crippen LogP contribution in [0.5, 0.6) is 5.75 Å². The molecule has 1 saturated heterocycles. The molecule has 7 heteroatoms. The number of ether oxygens (including phenoxy) is 1. The van der Waals surface area contributed by atoms with Crippen LogP contribution in [-0.2, 0) is 0 Å². The van der Waals surface area contributed by atoms with Crippen molar-refractivity contribution in [2.75, 3.05) is 19.4 Å². The van der Waals surface area contributed by atoms with Gasteiger partial charge in [-0.25, -0.2) is 4.99 Å². The van der Waals surface area contributed by atoms with Gasteiger partial charge in [-0.05, 0) is 18.9 Å². The van der Waals surface area contributed by atoms with Crippen LogP contribution < -0.4 is 4.74 Å². The van der Waals surface area contributed by atoms with Gasteiger partial charge in [0.15, 0.2) is 10.9 Å². The van der Waals surface area contributed by atoms with E-state index in [-0.39, 0.29) is 5.69 Å². The van der Waals surface area contributed by atoms with E-state index < -0.39 is 4.92 Å². The van der Waals surface area contributed by atoms with Crippen molar-refractivity contribution in [3.63, 3.8) is 0 Å². The summed E-state index contributed by atoms with van der Waals surface area (Å²) < 4.78 is 5.27. The first-order chi connectivity index (χ1) is 10.7. The molecule has 1 aliphatic heterocycles. The number of rotatable bonds is 4. The summed E-state index contributed by atoms with van der Waals surface area (Å²) in [5, 5.41) is 11.9. The molecule has 0 atom stereocenters. The Morgan fingerprint density at radius 1 is 1.41 bits per heavy atom. The number of hydrogen-bond donors (Lipinski definition) is 0. The lowest BCUT2D eigenvalue weighted by Gasteiger charge is -2.25. The Labute approximate surface area is 133 Å². The van der Waals surface area contributed by atoms with Crippen molar-refractivity contribution in [1.29, 1.82) is 0 Å². The maximum atomic E-state index is 10.9. The number of nitro benzene ring substituents is 1. The molecule has 0 spiro atoms. The number of thioether (sulfide) groups is 1. The van der Waals surface area contributed by atoms with Gasteiger partial charge in [-0.3, -0.25) is 10.1 Å². The van der Waals surface area contributed by atoms with Gasteiger partial charge >= 0.3 is 0 Å². The van der Waals surface area contributed by atoms with E-state index in [2.05, 4.69) is 4.90 Å². The van der Waals surface area contributed by atoms with Gasteiger partial charge in [0.05, 0.1) is 18.1 Å². The number of non-ortho nitro benzene ring substituents is 1. The summed E-state index contributed by atoms with van der Waals surface area (Å²) in [5.74, 6) is 1.49. The molecular weight excluding hydrogens is 302 g/mol. The maximum Gasteiger partial charge on any atom is 0.273 e. The van der Waals surface area contributed by atoms with Gasteiger partial charge in [0, 0.05) is 24.4 Å². The van der Waals surface area contributed by atoms with Gasteiger partial charge in [0.25, 0.3) is 5.69 Å². The summed E-state index contributed by atoms with van der Waals surface area (Å²) in [7, 11) is 1.51. The van der Waals surface area contributed by atoms with E-state index in [1.165, 1.54) is 44.9 Å². The third-order valence-corrected chi connectivity index (χ3v) is 5.14. The summed E-state index contributed by atoms with van der Waals surface area (Å²) in [5.41, 5.74) is 0.674. The van der Waals surface area contributed by atoms with Gasteiger partial charge in [0.2, 0.25) is 0 Å². The fourth-order valence-electron chi connectivity index (χ4n) is 3.04. The Morgan fingerprint density at radius 2 is 2.18 bits per heavy atom. The molecule has 2 aliphatic rings. The molecule has 2 fully saturated rings. The van der Waals surface area contributed by atoms with Crippen LogP contribution in [0.3, 0.4) is 0 Å². The van der Waals surface area contributed by atoms with Crippen molar-refractivity contribution in [3.8, 4) is 5.75 Å². The normalized spacial score (nSPS) is 20.8. The zero-order valence-corrected chi connectivity index (χ0v) is 13.3. The topological polar surface area (TPSA) is 68.0 Å². The van der Waals surface area contributed by atoms with Gasteiger partial charge in [-0.15, -0.1) is 0 Å². The second-order valence-corrected chi connectivity index (χ2v) is 6.55. The van der Waals surface area contributed by atoms with Crippen molar-refractivity contribution in [2.45, 2.75) is 31.7 Å². The van der Waals surface area contributed by atoms with Gasteiger partial charge in [0.1, 0.15) is 5.69 Å². The van der Waals surface area contributed by atoms with E-state index in [0.717, 1.165) is 17.5 Å². The highest BCUT2D eigenvalue weighted by Gasteiger charge is 2.29. The average molecular weight is 321 g/mol.